The van der Waals surface area contributed by atoms with E-state index in [9.17, 15) is 0 Å². The predicted molar refractivity (Wildman–Crippen MR) is 85.1 cm³/mol. The van der Waals surface area contributed by atoms with Crippen LogP contribution in [0.15, 0.2) is 33.4 Å². The van der Waals surface area contributed by atoms with E-state index in [0.717, 1.165) is 19.6 Å². The van der Waals surface area contributed by atoms with E-state index in [-0.39, 0.29) is 18.4 Å². The number of rotatable bonds is 3. The van der Waals surface area contributed by atoms with Crippen molar-refractivity contribution in [1.29, 1.82) is 0 Å². The first-order valence-electron chi connectivity index (χ1n) is 7.15. The molecule has 3 aromatic heterocycles. The van der Waals surface area contributed by atoms with Gasteiger partial charge in [0, 0.05) is 25.7 Å². The summed E-state index contributed by atoms with van der Waals surface area (Å²) >= 11 is 0. The fourth-order valence-corrected chi connectivity index (χ4v) is 2.56. The molecule has 0 aromatic carbocycles. The Labute approximate surface area is 138 Å². The fourth-order valence-electron chi connectivity index (χ4n) is 2.56. The Morgan fingerprint density at radius 1 is 1.39 bits per heavy atom. The SMILES string of the molecule is CN1CCNCC1c1noc(-c2cc(-c3ccco3)n[nH]2)n1.Cl. The predicted octanol–water partition coefficient (Wildman–Crippen LogP) is 1.72. The van der Waals surface area contributed by atoms with E-state index in [0.29, 0.717) is 28.9 Å². The minimum absolute atomic E-state index is 0. The molecule has 1 unspecified atom stereocenters. The number of furan rings is 1. The third-order valence-corrected chi connectivity index (χ3v) is 3.83. The zero-order valence-electron chi connectivity index (χ0n) is 12.5. The van der Waals surface area contributed by atoms with Crippen LogP contribution in [-0.4, -0.2) is 51.9 Å². The number of piperazine rings is 1. The van der Waals surface area contributed by atoms with Crippen LogP contribution in [0.1, 0.15) is 11.9 Å². The molecule has 0 spiro atoms. The van der Waals surface area contributed by atoms with Crippen molar-refractivity contribution >= 4 is 12.4 Å². The van der Waals surface area contributed by atoms with Crippen molar-refractivity contribution in [2.75, 3.05) is 26.7 Å². The summed E-state index contributed by atoms with van der Waals surface area (Å²) in [6.07, 6.45) is 1.61. The van der Waals surface area contributed by atoms with Crippen molar-refractivity contribution in [2.45, 2.75) is 6.04 Å². The Hall–Kier alpha value is -2.16. The number of nitrogens with zero attached hydrogens (tertiary/aromatic N) is 4. The Balaban J connectivity index is 0.00000156. The topological polar surface area (TPSA) is 96.0 Å². The number of hydrogen-bond donors (Lipinski definition) is 2. The van der Waals surface area contributed by atoms with Gasteiger partial charge >= 0.3 is 0 Å². The number of H-pyrrole nitrogens is 1. The summed E-state index contributed by atoms with van der Waals surface area (Å²) in [6, 6.07) is 5.63. The van der Waals surface area contributed by atoms with Crippen LogP contribution >= 0.6 is 12.4 Å². The van der Waals surface area contributed by atoms with Crippen molar-refractivity contribution in [1.82, 2.24) is 30.6 Å². The van der Waals surface area contributed by atoms with E-state index in [1.165, 1.54) is 0 Å². The van der Waals surface area contributed by atoms with Gasteiger partial charge in [-0.3, -0.25) is 10.00 Å². The van der Waals surface area contributed by atoms with Gasteiger partial charge in [0.05, 0.1) is 12.3 Å². The van der Waals surface area contributed by atoms with Gasteiger partial charge in [0.25, 0.3) is 5.89 Å². The largest absolute Gasteiger partial charge is 0.463 e. The number of likely N-dealkylation sites (N-methyl/N-ethyl adjacent to an activating group) is 1. The Morgan fingerprint density at radius 2 is 2.30 bits per heavy atom. The Bertz CT molecular complexity index is 753. The van der Waals surface area contributed by atoms with Gasteiger partial charge in [-0.05, 0) is 19.2 Å². The highest BCUT2D eigenvalue weighted by Gasteiger charge is 2.26. The van der Waals surface area contributed by atoms with Crippen LogP contribution in [0.2, 0.25) is 0 Å². The number of nitrogens with one attached hydrogen (secondary N) is 2. The second-order valence-corrected chi connectivity index (χ2v) is 5.30. The maximum Gasteiger partial charge on any atom is 0.276 e. The third-order valence-electron chi connectivity index (χ3n) is 3.83. The Morgan fingerprint density at radius 3 is 3.09 bits per heavy atom. The molecule has 1 aliphatic rings. The molecule has 1 saturated heterocycles. The molecule has 1 atom stereocenters. The van der Waals surface area contributed by atoms with Gasteiger partial charge in [-0.15, -0.1) is 12.4 Å². The molecule has 4 heterocycles. The van der Waals surface area contributed by atoms with Crippen LogP contribution in [-0.2, 0) is 0 Å². The molecule has 122 valence electrons. The van der Waals surface area contributed by atoms with Gasteiger partial charge in [0.2, 0.25) is 0 Å². The van der Waals surface area contributed by atoms with Crippen LogP contribution in [0.3, 0.4) is 0 Å². The lowest BCUT2D eigenvalue weighted by Gasteiger charge is -2.30. The van der Waals surface area contributed by atoms with Crippen molar-refractivity contribution in [3.63, 3.8) is 0 Å². The van der Waals surface area contributed by atoms with E-state index in [1.54, 1.807) is 6.26 Å². The molecule has 0 amide bonds. The molecule has 2 N–H and O–H groups in total. The molecule has 0 bridgehead atoms. The number of halogens is 1. The van der Waals surface area contributed by atoms with Gasteiger partial charge in [-0.2, -0.15) is 10.1 Å². The molecule has 9 heteroatoms. The van der Waals surface area contributed by atoms with Crippen molar-refractivity contribution < 1.29 is 8.94 Å². The molecule has 0 aliphatic carbocycles. The molecule has 4 rings (SSSR count). The fraction of sp³-hybridized carbons (Fsp3) is 0.357. The van der Waals surface area contributed by atoms with Crippen molar-refractivity contribution in [3.05, 3.63) is 30.3 Å². The average molecular weight is 337 g/mol. The molecule has 3 aromatic rings. The lowest BCUT2D eigenvalue weighted by molar-refractivity contribution is 0.190. The van der Waals surface area contributed by atoms with Crippen LogP contribution in [0.5, 0.6) is 0 Å². The summed E-state index contributed by atoms with van der Waals surface area (Å²) in [5.41, 5.74) is 1.38. The summed E-state index contributed by atoms with van der Waals surface area (Å²) < 4.78 is 10.7. The molecular weight excluding hydrogens is 320 g/mol. The molecule has 8 nitrogen and oxygen atoms in total. The van der Waals surface area contributed by atoms with Crippen molar-refractivity contribution in [3.8, 4) is 23.0 Å². The molecule has 23 heavy (non-hydrogen) atoms. The zero-order chi connectivity index (χ0) is 14.9. The van der Waals surface area contributed by atoms with E-state index < -0.39 is 0 Å². The normalized spacial score (nSPS) is 18.7. The van der Waals surface area contributed by atoms with Crippen LogP contribution in [0.4, 0.5) is 0 Å². The number of hydrogen-bond acceptors (Lipinski definition) is 7. The number of aromatic nitrogens is 4. The standard InChI is InChI=1S/C14H16N6O2.ClH/c1-20-5-4-15-8-11(20)13-16-14(22-19-13)10-7-9(17-18-10)12-3-2-6-21-12;/h2-3,6-7,11,15H,4-5,8H2,1H3,(H,17,18);1H. The van der Waals surface area contributed by atoms with Gasteiger partial charge in [-0.25, -0.2) is 0 Å². The first-order chi connectivity index (χ1) is 10.8. The molecule has 0 saturated carbocycles. The van der Waals surface area contributed by atoms with Crippen LogP contribution in [0.25, 0.3) is 23.0 Å². The highest BCUT2D eigenvalue weighted by molar-refractivity contribution is 5.85. The highest BCUT2D eigenvalue weighted by atomic mass is 35.5. The van der Waals surface area contributed by atoms with E-state index in [2.05, 4.69) is 37.6 Å². The second kappa shape index (κ2) is 6.53. The summed E-state index contributed by atoms with van der Waals surface area (Å²) in [5.74, 6) is 1.80. The van der Waals surface area contributed by atoms with E-state index >= 15 is 0 Å². The van der Waals surface area contributed by atoms with E-state index in [1.807, 2.05) is 18.2 Å². The molecular formula is C14H17ClN6O2. The van der Waals surface area contributed by atoms with Gasteiger partial charge in [0.15, 0.2) is 11.6 Å². The summed E-state index contributed by atoms with van der Waals surface area (Å²) in [5, 5.41) is 14.5. The summed E-state index contributed by atoms with van der Waals surface area (Å²) in [6.45, 7) is 2.75. The maximum absolute atomic E-state index is 5.37. The van der Waals surface area contributed by atoms with Crippen LogP contribution in [0, 0.1) is 0 Å². The average Bonchev–Trinajstić information content (AvgIpc) is 3.27. The molecule has 1 fully saturated rings. The Kier molecular flexibility index (Phi) is 4.46. The minimum Gasteiger partial charge on any atom is -0.463 e. The monoisotopic (exact) mass is 336 g/mol. The van der Waals surface area contributed by atoms with Gasteiger partial charge < -0.3 is 14.3 Å². The number of aromatic amines is 1. The van der Waals surface area contributed by atoms with Gasteiger partial charge in [-0.1, -0.05) is 5.16 Å². The highest BCUT2D eigenvalue weighted by Crippen LogP contribution is 2.25. The quantitative estimate of drug-likeness (QED) is 0.751. The lowest BCUT2D eigenvalue weighted by Crippen LogP contribution is -2.44. The second-order valence-electron chi connectivity index (χ2n) is 5.30. The summed E-state index contributed by atoms with van der Waals surface area (Å²) in [4.78, 5) is 6.70. The lowest BCUT2D eigenvalue weighted by atomic mass is 10.2. The third kappa shape index (κ3) is 3.00. The minimum atomic E-state index is 0. The maximum atomic E-state index is 5.37. The van der Waals surface area contributed by atoms with E-state index in [4.69, 9.17) is 8.94 Å². The summed E-state index contributed by atoms with van der Waals surface area (Å²) in [7, 11) is 2.06. The van der Waals surface area contributed by atoms with Crippen molar-refractivity contribution in [2.24, 2.45) is 0 Å². The first kappa shape index (κ1) is 15.7. The van der Waals surface area contributed by atoms with Crippen LogP contribution < -0.4 is 5.32 Å². The molecule has 0 radical (unpaired) electrons. The first-order valence-corrected chi connectivity index (χ1v) is 7.15. The van der Waals surface area contributed by atoms with Gasteiger partial charge in [0.1, 0.15) is 11.4 Å². The zero-order valence-corrected chi connectivity index (χ0v) is 13.3. The molecule has 1 aliphatic heterocycles. The smallest absolute Gasteiger partial charge is 0.276 e.